The molecule has 0 aliphatic rings. The maximum Gasteiger partial charge on any atom is 0.221 e. The van der Waals surface area contributed by atoms with Crippen LogP contribution in [0, 0.1) is 13.8 Å². The molecule has 20 heavy (non-hydrogen) atoms. The van der Waals surface area contributed by atoms with Crippen molar-refractivity contribution in [2.24, 2.45) is 0 Å². The quantitative estimate of drug-likeness (QED) is 0.766. The first-order valence-electron chi connectivity index (χ1n) is 7.55. The second-order valence-corrected chi connectivity index (χ2v) is 5.18. The minimum absolute atomic E-state index is 0.115. The Hall–Kier alpha value is -1.36. The third-order valence-electron chi connectivity index (χ3n) is 3.54. The van der Waals surface area contributed by atoms with E-state index < -0.39 is 0 Å². The van der Waals surface area contributed by atoms with Crippen molar-refractivity contribution in [3.8, 4) is 0 Å². The Bertz CT molecular complexity index is 439. The zero-order chi connectivity index (χ0) is 15.1. The van der Waals surface area contributed by atoms with Gasteiger partial charge >= 0.3 is 0 Å². The van der Waals surface area contributed by atoms with Crippen molar-refractivity contribution >= 4 is 5.91 Å². The van der Waals surface area contributed by atoms with Crippen LogP contribution in [0.25, 0.3) is 0 Å². The number of rotatable bonds is 8. The van der Waals surface area contributed by atoms with E-state index in [0.717, 1.165) is 25.2 Å². The predicted molar refractivity (Wildman–Crippen MR) is 81.7 cm³/mol. The first kappa shape index (κ1) is 16.7. The van der Waals surface area contributed by atoms with E-state index in [2.05, 4.69) is 43.4 Å². The molecule has 1 heterocycles. The second-order valence-electron chi connectivity index (χ2n) is 5.18. The summed E-state index contributed by atoms with van der Waals surface area (Å²) in [5.74, 6) is 0.115. The summed E-state index contributed by atoms with van der Waals surface area (Å²) in [6.07, 6.45) is 1.49. The summed E-state index contributed by atoms with van der Waals surface area (Å²) in [6, 6.07) is 0.217. The standard InChI is InChI=1S/C15H28N4O/c1-6-9-17-14(20)8-10-16-11(3)15-12(4)18-19(7-2)13(15)5/h11,16H,6-10H2,1-5H3,(H,17,20). The number of carbonyl (C=O) groups is 1. The van der Waals surface area contributed by atoms with Crippen LogP contribution in [-0.2, 0) is 11.3 Å². The van der Waals surface area contributed by atoms with Crippen molar-refractivity contribution in [2.75, 3.05) is 13.1 Å². The van der Waals surface area contributed by atoms with Gasteiger partial charge in [-0.25, -0.2) is 0 Å². The van der Waals surface area contributed by atoms with E-state index in [9.17, 15) is 4.79 Å². The minimum atomic E-state index is 0.115. The van der Waals surface area contributed by atoms with Crippen molar-refractivity contribution in [2.45, 2.75) is 60.0 Å². The highest BCUT2D eigenvalue weighted by atomic mass is 16.1. The van der Waals surface area contributed by atoms with Gasteiger partial charge in [-0.1, -0.05) is 6.92 Å². The van der Waals surface area contributed by atoms with Crippen LogP contribution in [0.1, 0.15) is 56.6 Å². The molecule has 5 nitrogen and oxygen atoms in total. The van der Waals surface area contributed by atoms with Crippen LogP contribution in [-0.4, -0.2) is 28.8 Å². The first-order valence-corrected chi connectivity index (χ1v) is 7.55. The molecule has 2 N–H and O–H groups in total. The molecule has 0 bridgehead atoms. The Morgan fingerprint density at radius 2 is 2.00 bits per heavy atom. The number of nitrogens with one attached hydrogen (secondary N) is 2. The number of nitrogens with zero attached hydrogens (tertiary/aromatic N) is 2. The molecular weight excluding hydrogens is 252 g/mol. The summed E-state index contributed by atoms with van der Waals surface area (Å²) in [5.41, 5.74) is 3.53. The lowest BCUT2D eigenvalue weighted by Crippen LogP contribution is -2.29. The smallest absolute Gasteiger partial charge is 0.221 e. The van der Waals surface area contributed by atoms with E-state index in [0.29, 0.717) is 13.0 Å². The van der Waals surface area contributed by atoms with Crippen LogP contribution < -0.4 is 10.6 Å². The number of hydrogen-bond acceptors (Lipinski definition) is 3. The van der Waals surface area contributed by atoms with Crippen molar-refractivity contribution in [1.82, 2.24) is 20.4 Å². The lowest BCUT2D eigenvalue weighted by Gasteiger charge is -2.15. The third kappa shape index (κ3) is 4.34. The van der Waals surface area contributed by atoms with Gasteiger partial charge in [-0.3, -0.25) is 9.48 Å². The Morgan fingerprint density at radius 1 is 1.30 bits per heavy atom. The number of carbonyl (C=O) groups excluding carboxylic acids is 1. The monoisotopic (exact) mass is 280 g/mol. The van der Waals surface area contributed by atoms with Crippen LogP contribution in [0.5, 0.6) is 0 Å². The Morgan fingerprint density at radius 3 is 2.55 bits per heavy atom. The maximum absolute atomic E-state index is 11.5. The van der Waals surface area contributed by atoms with Gasteiger partial charge in [0.05, 0.1) is 5.69 Å². The van der Waals surface area contributed by atoms with Crippen LogP contribution >= 0.6 is 0 Å². The van der Waals surface area contributed by atoms with E-state index >= 15 is 0 Å². The number of aromatic nitrogens is 2. The normalized spacial score (nSPS) is 12.4. The van der Waals surface area contributed by atoms with Gasteiger partial charge in [0.1, 0.15) is 0 Å². The number of amides is 1. The van der Waals surface area contributed by atoms with Crippen molar-refractivity contribution in [1.29, 1.82) is 0 Å². The fraction of sp³-hybridized carbons (Fsp3) is 0.733. The van der Waals surface area contributed by atoms with Crippen LogP contribution in [0.15, 0.2) is 0 Å². The van der Waals surface area contributed by atoms with Gasteiger partial charge in [-0.15, -0.1) is 0 Å². The third-order valence-corrected chi connectivity index (χ3v) is 3.54. The summed E-state index contributed by atoms with van der Waals surface area (Å²) >= 11 is 0. The number of aryl methyl sites for hydroxylation is 2. The van der Waals surface area contributed by atoms with Gasteiger partial charge in [0.25, 0.3) is 0 Å². The summed E-state index contributed by atoms with van der Waals surface area (Å²) in [5, 5.41) is 10.8. The molecule has 1 atom stereocenters. The van der Waals surface area contributed by atoms with Gasteiger partial charge in [-0.05, 0) is 34.1 Å². The molecular formula is C15H28N4O. The SMILES string of the molecule is CCCNC(=O)CCNC(C)c1c(C)nn(CC)c1C. The molecule has 1 amide bonds. The Kier molecular flexibility index (Phi) is 6.71. The fourth-order valence-corrected chi connectivity index (χ4v) is 2.50. The van der Waals surface area contributed by atoms with Gasteiger partial charge in [0.15, 0.2) is 0 Å². The summed E-state index contributed by atoms with van der Waals surface area (Å²) in [4.78, 5) is 11.5. The fourth-order valence-electron chi connectivity index (χ4n) is 2.50. The summed E-state index contributed by atoms with van der Waals surface area (Å²) < 4.78 is 2.02. The average molecular weight is 280 g/mol. The van der Waals surface area contributed by atoms with Gasteiger partial charge in [-0.2, -0.15) is 5.10 Å². The van der Waals surface area contributed by atoms with Crippen LogP contribution in [0.3, 0.4) is 0 Å². The summed E-state index contributed by atoms with van der Waals surface area (Å²) in [7, 11) is 0. The van der Waals surface area contributed by atoms with E-state index in [1.54, 1.807) is 0 Å². The zero-order valence-corrected chi connectivity index (χ0v) is 13.4. The van der Waals surface area contributed by atoms with Crippen molar-refractivity contribution < 1.29 is 4.79 Å². The molecule has 1 unspecified atom stereocenters. The molecule has 0 aliphatic heterocycles. The molecule has 1 aromatic rings. The van der Waals surface area contributed by atoms with Gasteiger partial charge in [0, 0.05) is 43.4 Å². The lowest BCUT2D eigenvalue weighted by atomic mass is 10.1. The predicted octanol–water partition coefficient (Wildman–Crippen LogP) is 2.09. The highest BCUT2D eigenvalue weighted by Crippen LogP contribution is 2.21. The zero-order valence-electron chi connectivity index (χ0n) is 13.4. The molecule has 0 radical (unpaired) electrons. The molecule has 0 aliphatic carbocycles. The lowest BCUT2D eigenvalue weighted by molar-refractivity contribution is -0.121. The molecule has 5 heteroatoms. The largest absolute Gasteiger partial charge is 0.356 e. The highest BCUT2D eigenvalue weighted by Gasteiger charge is 2.16. The molecule has 0 saturated heterocycles. The Balaban J connectivity index is 2.49. The number of hydrogen-bond donors (Lipinski definition) is 2. The van der Waals surface area contributed by atoms with Crippen LogP contribution in [0.2, 0.25) is 0 Å². The molecule has 1 rings (SSSR count). The molecule has 1 aromatic heterocycles. The van der Waals surface area contributed by atoms with Crippen molar-refractivity contribution in [3.63, 3.8) is 0 Å². The van der Waals surface area contributed by atoms with Gasteiger partial charge in [0.2, 0.25) is 5.91 Å². The van der Waals surface area contributed by atoms with E-state index in [1.165, 1.54) is 11.3 Å². The molecule has 0 fully saturated rings. The maximum atomic E-state index is 11.5. The molecule has 0 aromatic carbocycles. The highest BCUT2D eigenvalue weighted by molar-refractivity contribution is 5.75. The topological polar surface area (TPSA) is 59.0 Å². The second kappa shape index (κ2) is 8.04. The molecule has 0 spiro atoms. The van der Waals surface area contributed by atoms with Gasteiger partial charge < -0.3 is 10.6 Å². The minimum Gasteiger partial charge on any atom is -0.356 e. The van der Waals surface area contributed by atoms with Crippen LogP contribution in [0.4, 0.5) is 0 Å². The molecule has 114 valence electrons. The van der Waals surface area contributed by atoms with Crippen molar-refractivity contribution in [3.05, 3.63) is 17.0 Å². The summed E-state index contributed by atoms with van der Waals surface area (Å²) in [6.45, 7) is 12.8. The Labute approximate surface area is 122 Å². The average Bonchev–Trinajstić information content (AvgIpc) is 2.70. The van der Waals surface area contributed by atoms with E-state index in [4.69, 9.17) is 0 Å². The first-order chi connectivity index (χ1) is 9.51. The molecule has 0 saturated carbocycles. The van der Waals surface area contributed by atoms with E-state index in [1.807, 2.05) is 11.6 Å². The van der Waals surface area contributed by atoms with E-state index in [-0.39, 0.29) is 11.9 Å².